The Kier molecular flexibility index (Phi) is 7.81. The van der Waals surface area contributed by atoms with Crippen LogP contribution in [0, 0.1) is 5.82 Å². The van der Waals surface area contributed by atoms with Crippen LogP contribution in [-0.2, 0) is 17.9 Å². The third-order valence-electron chi connectivity index (χ3n) is 4.90. The second kappa shape index (κ2) is 10.8. The van der Waals surface area contributed by atoms with Gasteiger partial charge in [-0.1, -0.05) is 24.3 Å². The number of benzene rings is 1. The predicted octanol–water partition coefficient (Wildman–Crippen LogP) is 3.09. The molecule has 0 radical (unpaired) electrons. The summed E-state index contributed by atoms with van der Waals surface area (Å²) in [6, 6.07) is 11.5. The number of pyridine rings is 1. The normalized spacial score (nSPS) is 16.9. The maximum Gasteiger partial charge on any atom is 0.191 e. The SMILES string of the molecule is CCNC(=NCc1ccccc1COCC)NC1CCN(c2ncccc2F)C1. The molecule has 1 saturated heterocycles. The van der Waals surface area contributed by atoms with E-state index in [0.29, 0.717) is 32.1 Å². The van der Waals surface area contributed by atoms with Gasteiger partial charge in [0.05, 0.1) is 13.2 Å². The van der Waals surface area contributed by atoms with Gasteiger partial charge in [-0.25, -0.2) is 14.4 Å². The third-order valence-corrected chi connectivity index (χ3v) is 4.90. The van der Waals surface area contributed by atoms with E-state index in [1.54, 1.807) is 12.3 Å². The highest BCUT2D eigenvalue weighted by atomic mass is 19.1. The molecule has 1 aliphatic heterocycles. The van der Waals surface area contributed by atoms with E-state index in [-0.39, 0.29) is 11.9 Å². The summed E-state index contributed by atoms with van der Waals surface area (Å²) in [6.07, 6.45) is 2.53. The molecular weight excluding hydrogens is 369 g/mol. The van der Waals surface area contributed by atoms with E-state index in [0.717, 1.165) is 36.6 Å². The van der Waals surface area contributed by atoms with Gasteiger partial charge in [-0.05, 0) is 43.5 Å². The fourth-order valence-corrected chi connectivity index (χ4v) is 3.42. The summed E-state index contributed by atoms with van der Waals surface area (Å²) in [5.41, 5.74) is 2.31. The Morgan fingerprint density at radius 2 is 2.07 bits per heavy atom. The Morgan fingerprint density at radius 1 is 1.24 bits per heavy atom. The fourth-order valence-electron chi connectivity index (χ4n) is 3.42. The van der Waals surface area contributed by atoms with Crippen LogP contribution >= 0.6 is 0 Å². The van der Waals surface area contributed by atoms with Crippen molar-refractivity contribution in [3.63, 3.8) is 0 Å². The van der Waals surface area contributed by atoms with E-state index in [4.69, 9.17) is 9.73 Å². The van der Waals surface area contributed by atoms with Gasteiger partial charge in [0.15, 0.2) is 17.6 Å². The molecule has 156 valence electrons. The van der Waals surface area contributed by atoms with Gasteiger partial charge in [-0.15, -0.1) is 0 Å². The molecule has 1 fully saturated rings. The highest BCUT2D eigenvalue weighted by Crippen LogP contribution is 2.20. The topological polar surface area (TPSA) is 61.8 Å². The number of nitrogens with one attached hydrogen (secondary N) is 2. The van der Waals surface area contributed by atoms with Gasteiger partial charge in [0, 0.05) is 38.5 Å². The molecule has 0 saturated carbocycles. The van der Waals surface area contributed by atoms with Crippen molar-refractivity contribution in [3.8, 4) is 0 Å². The minimum absolute atomic E-state index is 0.188. The van der Waals surface area contributed by atoms with Crippen molar-refractivity contribution in [2.75, 3.05) is 31.1 Å². The van der Waals surface area contributed by atoms with Crippen LogP contribution in [0.4, 0.5) is 10.2 Å². The van der Waals surface area contributed by atoms with E-state index in [2.05, 4.69) is 27.8 Å². The van der Waals surface area contributed by atoms with Gasteiger partial charge in [0.25, 0.3) is 0 Å². The molecular formula is C22H30FN5O. The lowest BCUT2D eigenvalue weighted by Gasteiger charge is -2.20. The second-order valence-electron chi connectivity index (χ2n) is 6.99. The molecule has 0 spiro atoms. The molecule has 0 amide bonds. The number of nitrogens with zero attached hydrogens (tertiary/aromatic N) is 3. The molecule has 6 nitrogen and oxygen atoms in total. The smallest absolute Gasteiger partial charge is 0.191 e. The summed E-state index contributed by atoms with van der Waals surface area (Å²) >= 11 is 0. The molecule has 29 heavy (non-hydrogen) atoms. The Hall–Kier alpha value is -2.67. The molecule has 1 atom stereocenters. The van der Waals surface area contributed by atoms with Gasteiger partial charge >= 0.3 is 0 Å². The van der Waals surface area contributed by atoms with Gasteiger partial charge in [-0.2, -0.15) is 0 Å². The number of hydrogen-bond acceptors (Lipinski definition) is 4. The molecule has 3 rings (SSSR count). The maximum atomic E-state index is 14.0. The van der Waals surface area contributed by atoms with Crippen molar-refractivity contribution in [2.45, 2.75) is 39.5 Å². The Morgan fingerprint density at radius 3 is 2.83 bits per heavy atom. The average molecular weight is 400 g/mol. The van der Waals surface area contributed by atoms with Crippen molar-refractivity contribution >= 4 is 11.8 Å². The van der Waals surface area contributed by atoms with Crippen molar-refractivity contribution in [1.82, 2.24) is 15.6 Å². The number of halogens is 1. The number of aliphatic imine (C=N–C) groups is 1. The van der Waals surface area contributed by atoms with E-state index in [1.165, 1.54) is 6.07 Å². The molecule has 7 heteroatoms. The Balaban J connectivity index is 1.63. The number of anilines is 1. The molecule has 1 aliphatic rings. The van der Waals surface area contributed by atoms with Crippen molar-refractivity contribution < 1.29 is 9.13 Å². The number of ether oxygens (including phenoxy) is 1. The molecule has 2 N–H and O–H groups in total. The zero-order valence-electron chi connectivity index (χ0n) is 17.2. The summed E-state index contributed by atoms with van der Waals surface area (Å²) < 4.78 is 19.6. The van der Waals surface area contributed by atoms with Gasteiger partial charge < -0.3 is 20.3 Å². The first-order valence-corrected chi connectivity index (χ1v) is 10.3. The van der Waals surface area contributed by atoms with Crippen molar-refractivity contribution in [1.29, 1.82) is 0 Å². The fraction of sp³-hybridized carbons (Fsp3) is 0.455. The zero-order chi connectivity index (χ0) is 20.5. The summed E-state index contributed by atoms with van der Waals surface area (Å²) in [4.78, 5) is 10.9. The maximum absolute atomic E-state index is 14.0. The standard InChI is InChI=1S/C22H30FN5O/c1-3-24-22(26-14-17-8-5-6-9-18(17)16-29-4-2)27-19-11-13-28(15-19)21-20(23)10-7-12-25-21/h5-10,12,19H,3-4,11,13-16H2,1-2H3,(H2,24,26,27). The predicted molar refractivity (Wildman–Crippen MR) is 115 cm³/mol. The minimum Gasteiger partial charge on any atom is -0.377 e. The molecule has 1 unspecified atom stereocenters. The molecule has 1 aromatic carbocycles. The lowest BCUT2D eigenvalue weighted by Crippen LogP contribution is -2.44. The van der Waals surface area contributed by atoms with Crippen LogP contribution in [-0.4, -0.2) is 43.2 Å². The molecule has 2 aromatic rings. The van der Waals surface area contributed by atoms with Crippen molar-refractivity contribution in [3.05, 3.63) is 59.5 Å². The number of guanidine groups is 1. The van der Waals surface area contributed by atoms with E-state index < -0.39 is 0 Å². The first-order chi connectivity index (χ1) is 14.2. The number of aromatic nitrogens is 1. The van der Waals surface area contributed by atoms with Crippen LogP contribution in [0.25, 0.3) is 0 Å². The summed E-state index contributed by atoms with van der Waals surface area (Å²) in [6.45, 7) is 8.14. The minimum atomic E-state index is -0.278. The summed E-state index contributed by atoms with van der Waals surface area (Å²) in [5, 5.41) is 6.79. The molecule has 2 heterocycles. The highest BCUT2D eigenvalue weighted by molar-refractivity contribution is 5.80. The third kappa shape index (κ3) is 5.90. The van der Waals surface area contributed by atoms with Crippen LogP contribution in [0.5, 0.6) is 0 Å². The molecule has 1 aromatic heterocycles. The first kappa shape index (κ1) is 21.0. The van der Waals surface area contributed by atoms with E-state index in [9.17, 15) is 4.39 Å². The lowest BCUT2D eigenvalue weighted by atomic mass is 10.1. The van der Waals surface area contributed by atoms with Crippen LogP contribution in [0.3, 0.4) is 0 Å². The Bertz CT molecular complexity index is 813. The lowest BCUT2D eigenvalue weighted by molar-refractivity contribution is 0.133. The quantitative estimate of drug-likeness (QED) is 0.528. The second-order valence-corrected chi connectivity index (χ2v) is 6.99. The summed E-state index contributed by atoms with van der Waals surface area (Å²) in [7, 11) is 0. The average Bonchev–Trinajstić information content (AvgIpc) is 3.20. The van der Waals surface area contributed by atoms with E-state index in [1.807, 2.05) is 30.9 Å². The zero-order valence-corrected chi connectivity index (χ0v) is 17.2. The van der Waals surface area contributed by atoms with E-state index >= 15 is 0 Å². The highest BCUT2D eigenvalue weighted by Gasteiger charge is 2.25. The van der Waals surface area contributed by atoms with Crippen LogP contribution in [0.1, 0.15) is 31.4 Å². The number of rotatable bonds is 8. The first-order valence-electron chi connectivity index (χ1n) is 10.3. The van der Waals surface area contributed by atoms with Crippen LogP contribution < -0.4 is 15.5 Å². The van der Waals surface area contributed by atoms with Gasteiger partial charge in [-0.3, -0.25) is 0 Å². The van der Waals surface area contributed by atoms with Crippen LogP contribution in [0.2, 0.25) is 0 Å². The monoisotopic (exact) mass is 399 g/mol. The van der Waals surface area contributed by atoms with Crippen molar-refractivity contribution in [2.24, 2.45) is 4.99 Å². The largest absolute Gasteiger partial charge is 0.377 e. The van der Waals surface area contributed by atoms with Gasteiger partial charge in [0.1, 0.15) is 0 Å². The molecule has 0 aliphatic carbocycles. The van der Waals surface area contributed by atoms with Crippen LogP contribution in [0.15, 0.2) is 47.6 Å². The molecule has 0 bridgehead atoms. The summed E-state index contributed by atoms with van der Waals surface area (Å²) in [5.74, 6) is 0.912. The number of hydrogen-bond donors (Lipinski definition) is 2. The van der Waals surface area contributed by atoms with Gasteiger partial charge in [0.2, 0.25) is 0 Å². The Labute approximate surface area is 172 Å².